The van der Waals surface area contributed by atoms with Crippen LogP contribution in [-0.2, 0) is 14.3 Å². The Bertz CT molecular complexity index is 335. The van der Waals surface area contributed by atoms with Crippen LogP contribution in [-0.4, -0.2) is 19.9 Å². The molecule has 0 radical (unpaired) electrons. The van der Waals surface area contributed by atoms with Gasteiger partial charge in [-0.25, -0.2) is 4.79 Å². The number of ether oxygens (including phenoxy) is 2. The fourth-order valence-corrected chi connectivity index (χ4v) is 3.67. The molecule has 0 aromatic rings. The Balaban J connectivity index is 0.000000139. The van der Waals surface area contributed by atoms with Crippen molar-refractivity contribution < 1.29 is 14.3 Å². The number of carbonyl (C=O) groups is 1. The van der Waals surface area contributed by atoms with Gasteiger partial charge in [-0.2, -0.15) is 0 Å². The number of esters is 1. The van der Waals surface area contributed by atoms with Crippen molar-refractivity contribution in [3.05, 3.63) is 24.8 Å². The van der Waals surface area contributed by atoms with Gasteiger partial charge in [0.15, 0.2) is 6.79 Å². The van der Waals surface area contributed by atoms with Gasteiger partial charge >= 0.3 is 5.97 Å². The van der Waals surface area contributed by atoms with Crippen LogP contribution in [0.3, 0.4) is 0 Å². The molecule has 0 spiro atoms. The maximum Gasteiger partial charge on any atom is 0.332 e. The number of hydrogen-bond donors (Lipinski definition) is 0. The molecule has 100 valence electrons. The van der Waals surface area contributed by atoms with Gasteiger partial charge in [-0.3, -0.25) is 0 Å². The third-order valence-corrected chi connectivity index (χ3v) is 4.41. The number of methoxy groups -OCH3 is 1. The summed E-state index contributed by atoms with van der Waals surface area (Å²) >= 11 is 0. The molecule has 0 N–H and O–H groups in total. The molecule has 4 atom stereocenters. The van der Waals surface area contributed by atoms with Gasteiger partial charge in [-0.05, 0) is 49.4 Å². The van der Waals surface area contributed by atoms with Crippen LogP contribution in [0.5, 0.6) is 0 Å². The molecule has 3 nitrogen and oxygen atoms in total. The van der Waals surface area contributed by atoms with Crippen molar-refractivity contribution in [2.45, 2.75) is 25.7 Å². The molecule has 0 aromatic carbocycles. The minimum Gasteiger partial charge on any atom is -0.435 e. The first-order chi connectivity index (χ1) is 8.76. The largest absolute Gasteiger partial charge is 0.435 e. The van der Waals surface area contributed by atoms with E-state index in [1.54, 1.807) is 12.8 Å². The third kappa shape index (κ3) is 2.83. The summed E-state index contributed by atoms with van der Waals surface area (Å²) in [4.78, 5) is 10.2. The molecular weight excluding hydrogens is 228 g/mol. The van der Waals surface area contributed by atoms with E-state index in [0.717, 1.165) is 29.7 Å². The van der Waals surface area contributed by atoms with E-state index >= 15 is 0 Å². The highest BCUT2D eigenvalue weighted by Crippen LogP contribution is 2.56. The molecule has 18 heavy (non-hydrogen) atoms. The second-order valence-electron chi connectivity index (χ2n) is 5.31. The van der Waals surface area contributed by atoms with E-state index in [0.29, 0.717) is 0 Å². The number of carbonyl (C=O) groups excluding carboxylic acids is 1. The lowest BCUT2D eigenvalue weighted by molar-refractivity contribution is -0.147. The highest BCUT2D eigenvalue weighted by atomic mass is 16.7. The summed E-state index contributed by atoms with van der Waals surface area (Å²) in [6, 6.07) is 0. The molecule has 0 aromatic heterocycles. The van der Waals surface area contributed by atoms with Crippen LogP contribution in [0.1, 0.15) is 25.7 Å². The molecule has 3 aliphatic rings. The predicted molar refractivity (Wildman–Crippen MR) is 69.7 cm³/mol. The van der Waals surface area contributed by atoms with Crippen LogP contribution in [0.2, 0.25) is 0 Å². The maximum absolute atomic E-state index is 10.2. The Morgan fingerprint density at radius 3 is 2.89 bits per heavy atom. The summed E-state index contributed by atoms with van der Waals surface area (Å²) in [6.45, 7) is 3.17. The van der Waals surface area contributed by atoms with Crippen molar-refractivity contribution in [3.8, 4) is 0 Å². The summed E-state index contributed by atoms with van der Waals surface area (Å²) < 4.78 is 8.78. The van der Waals surface area contributed by atoms with Gasteiger partial charge in [-0.15, -0.1) is 0 Å². The van der Waals surface area contributed by atoms with E-state index in [1.165, 1.54) is 20.0 Å². The fraction of sp³-hybridized carbons (Fsp3) is 0.667. The molecule has 3 heteroatoms. The van der Waals surface area contributed by atoms with Gasteiger partial charge in [0.1, 0.15) is 0 Å². The molecule has 3 rings (SSSR count). The van der Waals surface area contributed by atoms with E-state index in [2.05, 4.69) is 28.2 Å². The van der Waals surface area contributed by atoms with Gasteiger partial charge in [-0.1, -0.05) is 18.7 Å². The van der Waals surface area contributed by atoms with E-state index in [-0.39, 0.29) is 6.79 Å². The van der Waals surface area contributed by atoms with Gasteiger partial charge < -0.3 is 9.47 Å². The standard InChI is InChI=1S/C10H14.C5H8O3/c1-2-9-7-4-5-8(6-7)10(9)3-1;1-3-5(6)8-4-7-2/h1-2,7-10H,3-6H2;3H,1,4H2,2H3. The summed E-state index contributed by atoms with van der Waals surface area (Å²) in [5, 5.41) is 0. The van der Waals surface area contributed by atoms with Crippen LogP contribution in [0, 0.1) is 23.7 Å². The van der Waals surface area contributed by atoms with Crippen LogP contribution < -0.4 is 0 Å². The van der Waals surface area contributed by atoms with Gasteiger partial charge in [0.25, 0.3) is 0 Å². The first-order valence-electron chi connectivity index (χ1n) is 6.71. The number of hydrogen-bond acceptors (Lipinski definition) is 3. The maximum atomic E-state index is 10.2. The zero-order valence-corrected chi connectivity index (χ0v) is 11.0. The second-order valence-corrected chi connectivity index (χ2v) is 5.31. The normalized spacial score (nSPS) is 34.7. The van der Waals surface area contributed by atoms with Gasteiger partial charge in [0, 0.05) is 13.2 Å². The number of allylic oxidation sites excluding steroid dienone is 2. The quantitative estimate of drug-likeness (QED) is 0.334. The molecule has 0 heterocycles. The molecule has 2 bridgehead atoms. The Labute approximate surface area is 109 Å². The Morgan fingerprint density at radius 2 is 2.22 bits per heavy atom. The average molecular weight is 250 g/mol. The smallest absolute Gasteiger partial charge is 0.332 e. The Kier molecular flexibility index (Phi) is 4.59. The van der Waals surface area contributed by atoms with Crippen molar-refractivity contribution >= 4 is 5.97 Å². The van der Waals surface area contributed by atoms with E-state index < -0.39 is 5.97 Å². The molecule has 0 aliphatic heterocycles. The molecule has 3 aliphatic carbocycles. The first-order valence-corrected chi connectivity index (χ1v) is 6.71. The van der Waals surface area contributed by atoms with Gasteiger partial charge in [0.2, 0.25) is 0 Å². The highest BCUT2D eigenvalue weighted by molar-refractivity contribution is 5.81. The van der Waals surface area contributed by atoms with Crippen LogP contribution in [0.25, 0.3) is 0 Å². The molecule has 2 saturated carbocycles. The zero-order chi connectivity index (χ0) is 13.0. The summed E-state index contributed by atoms with van der Waals surface area (Å²) in [6.07, 6.45) is 12.1. The van der Waals surface area contributed by atoms with Crippen molar-refractivity contribution in [1.29, 1.82) is 0 Å². The van der Waals surface area contributed by atoms with Crippen molar-refractivity contribution in [2.24, 2.45) is 23.7 Å². The second kappa shape index (κ2) is 6.19. The minimum absolute atomic E-state index is 0.00907. The number of fused-ring (bicyclic) bond motifs is 5. The molecular formula is C15H22O3. The summed E-state index contributed by atoms with van der Waals surface area (Å²) in [5.41, 5.74) is 0. The Hall–Kier alpha value is -1.09. The average Bonchev–Trinajstić information content (AvgIpc) is 3.08. The first kappa shape index (κ1) is 13.3. The van der Waals surface area contributed by atoms with E-state index in [9.17, 15) is 4.79 Å². The van der Waals surface area contributed by atoms with E-state index in [1.807, 2.05) is 0 Å². The summed E-state index contributed by atoms with van der Waals surface area (Å²) in [7, 11) is 1.44. The van der Waals surface area contributed by atoms with Crippen molar-refractivity contribution in [3.63, 3.8) is 0 Å². The highest BCUT2D eigenvalue weighted by Gasteiger charge is 2.47. The van der Waals surface area contributed by atoms with Crippen molar-refractivity contribution in [1.82, 2.24) is 0 Å². The SMILES string of the molecule is C1=CC2C3CCC(C3)C2C1.C=CC(=O)OCOC. The van der Waals surface area contributed by atoms with Gasteiger partial charge in [0.05, 0.1) is 0 Å². The van der Waals surface area contributed by atoms with E-state index in [4.69, 9.17) is 0 Å². The number of rotatable bonds is 3. The monoisotopic (exact) mass is 250 g/mol. The third-order valence-electron chi connectivity index (χ3n) is 4.41. The lowest BCUT2D eigenvalue weighted by Gasteiger charge is -2.23. The fourth-order valence-electron chi connectivity index (χ4n) is 3.67. The van der Waals surface area contributed by atoms with Crippen LogP contribution in [0.4, 0.5) is 0 Å². The minimum atomic E-state index is -0.466. The molecule has 2 fully saturated rings. The van der Waals surface area contributed by atoms with Crippen LogP contribution >= 0.6 is 0 Å². The van der Waals surface area contributed by atoms with Crippen LogP contribution in [0.15, 0.2) is 24.8 Å². The zero-order valence-electron chi connectivity index (χ0n) is 11.0. The van der Waals surface area contributed by atoms with Crippen molar-refractivity contribution in [2.75, 3.05) is 13.9 Å². The Morgan fingerprint density at radius 1 is 1.44 bits per heavy atom. The molecule has 0 saturated heterocycles. The lowest BCUT2D eigenvalue weighted by atomic mass is 9.82. The summed E-state index contributed by atoms with van der Waals surface area (Å²) in [5.74, 6) is 3.89. The lowest BCUT2D eigenvalue weighted by Crippen LogP contribution is -2.16. The predicted octanol–water partition coefficient (Wildman–Crippen LogP) is 2.93. The topological polar surface area (TPSA) is 35.5 Å². The molecule has 0 amide bonds. The molecule has 4 unspecified atom stereocenters.